The molecule has 6 heteroatoms. The number of rotatable bonds is 4. The predicted octanol–water partition coefficient (Wildman–Crippen LogP) is 2.53. The monoisotopic (exact) mass is 349 g/mol. The molecule has 2 saturated heterocycles. The first-order valence-corrected chi connectivity index (χ1v) is 8.27. The van der Waals surface area contributed by atoms with Gasteiger partial charge in [-0.2, -0.15) is 0 Å². The van der Waals surface area contributed by atoms with Crippen LogP contribution in [0.1, 0.15) is 24.8 Å². The maximum atomic E-state index is 11.9. The van der Waals surface area contributed by atoms with Crippen molar-refractivity contribution in [2.24, 2.45) is 0 Å². The normalized spacial score (nSPS) is 20.1. The maximum Gasteiger partial charge on any atom is 0.324 e. The number of halogens is 1. The molecule has 130 valence electrons. The van der Waals surface area contributed by atoms with Gasteiger partial charge in [0, 0.05) is 38.6 Å². The van der Waals surface area contributed by atoms with E-state index in [-0.39, 0.29) is 30.4 Å². The molecule has 2 aliphatic heterocycles. The highest BCUT2D eigenvalue weighted by molar-refractivity contribution is 5.96. The van der Waals surface area contributed by atoms with Crippen molar-refractivity contribution >= 4 is 30.4 Å². The first kappa shape index (κ1) is 18.5. The van der Waals surface area contributed by atoms with Crippen molar-refractivity contribution in [2.45, 2.75) is 25.3 Å². The van der Waals surface area contributed by atoms with Crippen LogP contribution < -0.4 is 5.32 Å². The number of likely N-dealkylation sites (tertiary alicyclic amines) is 1. The molecule has 2 heterocycles. The van der Waals surface area contributed by atoms with Gasteiger partial charge in [-0.25, -0.2) is 4.79 Å². The molecule has 0 saturated carbocycles. The quantitative estimate of drug-likeness (QED) is 0.908. The molecule has 1 aromatic rings. The predicted molar refractivity (Wildman–Crippen MR) is 97.0 cm³/mol. The van der Waals surface area contributed by atoms with Crippen molar-refractivity contribution in [1.29, 1.82) is 0 Å². The van der Waals surface area contributed by atoms with Gasteiger partial charge in [-0.15, -0.1) is 12.4 Å². The number of carbonyl (C=O) groups excluding carboxylic acids is 2. The van der Waals surface area contributed by atoms with Crippen molar-refractivity contribution in [1.82, 2.24) is 15.1 Å². The van der Waals surface area contributed by atoms with Gasteiger partial charge < -0.3 is 4.90 Å². The number of hydrogen-bond donors (Lipinski definition) is 1. The molecule has 0 aliphatic carbocycles. The minimum atomic E-state index is -0.219. The van der Waals surface area contributed by atoms with Crippen LogP contribution in [0, 0.1) is 0 Å². The molecule has 0 unspecified atom stereocenters. The van der Waals surface area contributed by atoms with E-state index >= 15 is 0 Å². The largest absolute Gasteiger partial charge is 0.324 e. The Morgan fingerprint density at radius 3 is 2.46 bits per heavy atom. The van der Waals surface area contributed by atoms with Crippen LogP contribution in [0.25, 0.3) is 6.08 Å². The Balaban J connectivity index is 0.00000208. The highest BCUT2D eigenvalue weighted by Crippen LogP contribution is 2.18. The zero-order valence-electron chi connectivity index (χ0n) is 13.7. The van der Waals surface area contributed by atoms with E-state index in [0.29, 0.717) is 13.0 Å². The molecule has 0 atom stereocenters. The van der Waals surface area contributed by atoms with E-state index in [1.807, 2.05) is 23.1 Å². The standard InChI is InChI=1S/C18H23N3O2.ClH/c22-17-10-14-21(18(23)19-17)16-8-12-20(13-9-16)11-4-7-15-5-2-1-3-6-15;/h1-7,16H,8-14H2,(H,19,22,23);1H. The first-order chi connectivity index (χ1) is 11.2. The van der Waals surface area contributed by atoms with Crippen LogP contribution >= 0.6 is 12.4 Å². The van der Waals surface area contributed by atoms with Gasteiger partial charge in [0.2, 0.25) is 5.91 Å². The summed E-state index contributed by atoms with van der Waals surface area (Å²) >= 11 is 0. The Morgan fingerprint density at radius 1 is 1.08 bits per heavy atom. The van der Waals surface area contributed by atoms with Crippen molar-refractivity contribution in [2.75, 3.05) is 26.2 Å². The first-order valence-electron chi connectivity index (χ1n) is 8.27. The minimum Gasteiger partial charge on any atom is -0.321 e. The fourth-order valence-corrected chi connectivity index (χ4v) is 3.24. The van der Waals surface area contributed by atoms with Crippen LogP contribution in [-0.2, 0) is 4.79 Å². The average Bonchev–Trinajstić information content (AvgIpc) is 2.57. The summed E-state index contributed by atoms with van der Waals surface area (Å²) in [5.41, 5.74) is 1.22. The Hall–Kier alpha value is -1.85. The molecular formula is C18H24ClN3O2. The molecule has 1 N–H and O–H groups in total. The molecule has 0 bridgehead atoms. The lowest BCUT2D eigenvalue weighted by molar-refractivity contribution is -0.121. The second-order valence-corrected chi connectivity index (χ2v) is 6.14. The Bertz CT molecular complexity index is 583. The van der Waals surface area contributed by atoms with Gasteiger partial charge in [-0.1, -0.05) is 42.5 Å². The van der Waals surface area contributed by atoms with E-state index in [1.165, 1.54) is 5.56 Å². The highest BCUT2D eigenvalue weighted by atomic mass is 35.5. The summed E-state index contributed by atoms with van der Waals surface area (Å²) in [6.07, 6.45) is 6.71. The molecule has 0 spiro atoms. The molecular weight excluding hydrogens is 326 g/mol. The summed E-state index contributed by atoms with van der Waals surface area (Å²) in [5, 5.41) is 2.41. The molecule has 24 heavy (non-hydrogen) atoms. The molecule has 3 rings (SSSR count). The molecule has 2 fully saturated rings. The number of urea groups is 1. The average molecular weight is 350 g/mol. The summed E-state index contributed by atoms with van der Waals surface area (Å²) < 4.78 is 0. The third-order valence-electron chi connectivity index (χ3n) is 4.56. The summed E-state index contributed by atoms with van der Waals surface area (Å²) in [6.45, 7) is 3.47. The minimum absolute atomic E-state index is 0. The van der Waals surface area contributed by atoms with Crippen LogP contribution in [0.5, 0.6) is 0 Å². The lowest BCUT2D eigenvalue weighted by Gasteiger charge is -2.39. The summed E-state index contributed by atoms with van der Waals surface area (Å²) in [6, 6.07) is 10.3. The zero-order valence-corrected chi connectivity index (χ0v) is 14.5. The van der Waals surface area contributed by atoms with E-state index in [2.05, 4.69) is 34.5 Å². The maximum absolute atomic E-state index is 11.9. The number of nitrogens with zero attached hydrogens (tertiary/aromatic N) is 2. The SMILES string of the molecule is Cl.O=C1CCN(C2CCN(CC=Cc3ccccc3)CC2)C(=O)N1. The molecule has 0 radical (unpaired) electrons. The van der Waals surface area contributed by atoms with E-state index in [4.69, 9.17) is 0 Å². The van der Waals surface area contributed by atoms with Crippen LogP contribution in [0.2, 0.25) is 0 Å². The number of benzene rings is 1. The number of hydrogen-bond acceptors (Lipinski definition) is 3. The third-order valence-corrected chi connectivity index (χ3v) is 4.56. The van der Waals surface area contributed by atoms with Gasteiger partial charge in [0.05, 0.1) is 0 Å². The van der Waals surface area contributed by atoms with Crippen LogP contribution in [-0.4, -0.2) is 54.0 Å². The van der Waals surface area contributed by atoms with Gasteiger partial charge in [-0.3, -0.25) is 15.0 Å². The fourth-order valence-electron chi connectivity index (χ4n) is 3.24. The Kier molecular flexibility index (Phi) is 6.82. The number of imide groups is 1. The third kappa shape index (κ3) is 4.82. The van der Waals surface area contributed by atoms with Crippen LogP contribution in [0.3, 0.4) is 0 Å². The zero-order chi connectivity index (χ0) is 16.1. The number of nitrogens with one attached hydrogen (secondary N) is 1. The van der Waals surface area contributed by atoms with Crippen LogP contribution in [0.15, 0.2) is 36.4 Å². The van der Waals surface area contributed by atoms with Gasteiger partial charge in [0.25, 0.3) is 0 Å². The topological polar surface area (TPSA) is 52.7 Å². The van der Waals surface area contributed by atoms with Crippen molar-refractivity contribution in [3.8, 4) is 0 Å². The highest BCUT2D eigenvalue weighted by Gasteiger charge is 2.31. The van der Waals surface area contributed by atoms with E-state index in [0.717, 1.165) is 32.5 Å². The Labute approximate surface area is 149 Å². The van der Waals surface area contributed by atoms with Gasteiger partial charge in [0.1, 0.15) is 0 Å². The second-order valence-electron chi connectivity index (χ2n) is 6.14. The lowest BCUT2D eigenvalue weighted by atomic mass is 10.0. The summed E-state index contributed by atoms with van der Waals surface area (Å²) in [5.74, 6) is -0.158. The second kappa shape index (κ2) is 8.85. The number of piperidine rings is 1. The molecule has 5 nitrogen and oxygen atoms in total. The molecule has 0 aromatic heterocycles. The summed E-state index contributed by atoms with van der Waals surface area (Å²) in [4.78, 5) is 27.3. The fraction of sp³-hybridized carbons (Fsp3) is 0.444. The smallest absolute Gasteiger partial charge is 0.321 e. The van der Waals surface area contributed by atoms with Crippen molar-refractivity contribution in [3.63, 3.8) is 0 Å². The van der Waals surface area contributed by atoms with Crippen molar-refractivity contribution in [3.05, 3.63) is 42.0 Å². The van der Waals surface area contributed by atoms with E-state index in [9.17, 15) is 9.59 Å². The number of carbonyl (C=O) groups is 2. The van der Waals surface area contributed by atoms with E-state index in [1.54, 1.807) is 0 Å². The van der Waals surface area contributed by atoms with Crippen molar-refractivity contribution < 1.29 is 9.59 Å². The van der Waals surface area contributed by atoms with Gasteiger partial charge in [-0.05, 0) is 18.4 Å². The van der Waals surface area contributed by atoms with Gasteiger partial charge >= 0.3 is 6.03 Å². The summed E-state index contributed by atoms with van der Waals surface area (Å²) in [7, 11) is 0. The molecule has 3 amide bonds. The lowest BCUT2D eigenvalue weighted by Crippen LogP contribution is -2.55. The van der Waals surface area contributed by atoms with E-state index < -0.39 is 0 Å². The molecule has 2 aliphatic rings. The molecule has 1 aromatic carbocycles. The Morgan fingerprint density at radius 2 is 1.79 bits per heavy atom. The van der Waals surface area contributed by atoms with Crippen LogP contribution in [0.4, 0.5) is 4.79 Å². The number of amides is 3. The van der Waals surface area contributed by atoms with Gasteiger partial charge in [0.15, 0.2) is 0 Å².